The van der Waals surface area contributed by atoms with Gasteiger partial charge >= 0.3 is 2.85 Å². The third kappa shape index (κ3) is 7.53. The van der Waals surface area contributed by atoms with Gasteiger partial charge in [-0.15, -0.1) is 0 Å². The van der Waals surface area contributed by atoms with Gasteiger partial charge in [0.15, 0.2) is 0 Å². The van der Waals surface area contributed by atoms with E-state index in [2.05, 4.69) is 21.1 Å². The van der Waals surface area contributed by atoms with E-state index in [1.54, 1.807) is 36.4 Å². The Morgan fingerprint density at radius 2 is 1.30 bits per heavy atom. The molecule has 0 aliphatic heterocycles. The van der Waals surface area contributed by atoms with Gasteiger partial charge in [0.1, 0.15) is 33.5 Å². The average molecular weight is 747 g/mol. The second kappa shape index (κ2) is 14.9. The number of halogens is 1. The van der Waals surface area contributed by atoms with Crippen molar-refractivity contribution in [3.8, 4) is 11.5 Å². The van der Waals surface area contributed by atoms with E-state index in [4.69, 9.17) is 11.6 Å². The number of nitrogens with zero attached hydrogens (tertiary/aromatic N) is 2. The monoisotopic (exact) mass is 746 g/mol. The van der Waals surface area contributed by atoms with Gasteiger partial charge in [-0.3, -0.25) is 25.0 Å². The summed E-state index contributed by atoms with van der Waals surface area (Å²) in [5.41, 5.74) is 8.45. The molecule has 5 aromatic rings. The number of hydrogen-bond donors (Lipinski definition) is 5. The maximum absolute atomic E-state index is 12.5. The van der Waals surface area contributed by atoms with E-state index in [0.29, 0.717) is 27.5 Å². The Bertz CT molecular complexity index is 2420. The Labute approximate surface area is 304 Å². The number of anilines is 2. The number of aromatic hydroxyl groups is 2. The molecule has 0 bridgehead atoms. The number of carbonyl (C=O) groups excluding carboxylic acids is 2. The topological polar surface area (TPSA) is 178 Å². The first kappa shape index (κ1) is 35.8. The van der Waals surface area contributed by atoms with Crippen LogP contribution in [0.4, 0.5) is 11.4 Å². The second-order valence-electron chi connectivity index (χ2n) is 10.7. The third-order valence-corrected chi connectivity index (χ3v) is 8.65. The third-order valence-electron chi connectivity index (χ3n) is 7.52. The van der Waals surface area contributed by atoms with Crippen LogP contribution in [0.25, 0.3) is 21.8 Å². The summed E-state index contributed by atoms with van der Waals surface area (Å²) in [5.74, 6) is -0.911. The summed E-state index contributed by atoms with van der Waals surface area (Å²) in [7, 11) is -4.57. The minimum Gasteiger partial charge on any atom is -0.506 e. The number of rotatable bonds is 5. The van der Waals surface area contributed by atoms with E-state index >= 15 is 0 Å². The molecular weight excluding hydrogens is 720 g/mol. The summed E-state index contributed by atoms with van der Waals surface area (Å²) in [6.45, 7) is 0. The number of benzene rings is 5. The molecule has 0 radical (unpaired) electrons. The second-order valence-corrected chi connectivity index (χ2v) is 12.5. The molecule has 14 heteroatoms. The molecule has 0 heterocycles. The molecule has 0 saturated carbocycles. The fourth-order valence-corrected chi connectivity index (χ4v) is 6.07. The molecule has 50 heavy (non-hydrogen) atoms. The van der Waals surface area contributed by atoms with Gasteiger partial charge < -0.3 is 10.2 Å². The van der Waals surface area contributed by atoms with E-state index in [1.165, 1.54) is 36.4 Å². The Hall–Kier alpha value is -5.55. The summed E-state index contributed by atoms with van der Waals surface area (Å²) in [6.07, 6.45) is 4.06. The minimum atomic E-state index is -4.57. The van der Waals surface area contributed by atoms with Crippen molar-refractivity contribution in [2.24, 2.45) is 10.2 Å². The van der Waals surface area contributed by atoms with Crippen LogP contribution in [0.2, 0.25) is 5.02 Å². The number of phenols is 2. The molecule has 0 fully saturated rings. The summed E-state index contributed by atoms with van der Waals surface area (Å²) in [4.78, 5) is 24.0. The zero-order valence-electron chi connectivity index (χ0n) is 27.6. The number of carbonyl (C=O) groups is 2. The summed E-state index contributed by atoms with van der Waals surface area (Å²) in [5, 5.41) is 30.2. The number of ketones is 2. The number of nitrogens with one attached hydrogen (secondary N) is 2. The molecule has 5 aromatic carbocycles. The molecule has 0 spiro atoms. The number of fused-ring (bicyclic) bond motifs is 3. The molecular formula is C36H27ClCrN4O7S+2. The van der Waals surface area contributed by atoms with Crippen molar-refractivity contribution in [2.45, 2.75) is 0 Å². The van der Waals surface area contributed by atoms with E-state index in [0.717, 1.165) is 22.6 Å². The van der Waals surface area contributed by atoms with Crippen LogP contribution < -0.4 is 10.9 Å². The van der Waals surface area contributed by atoms with E-state index in [-0.39, 0.29) is 54.3 Å². The first-order chi connectivity index (χ1) is 23.5. The van der Waals surface area contributed by atoms with Crippen LogP contribution in [-0.4, -0.2) is 46.2 Å². The largest absolute Gasteiger partial charge is 1.00 e. The SMILES string of the molecule is O=C1C=C(S(=O)(=O)O)c2ccccc2/C1=N/Nc1c(O)ccc2ccccc12.O=C1C=Cc2ccccc2/C1=N/Nc1cc(Cl)ccc1O.[Cr].[H+].[H+]. The van der Waals surface area contributed by atoms with Gasteiger partial charge in [-0.05, 0) is 41.3 Å². The van der Waals surface area contributed by atoms with Crippen molar-refractivity contribution in [3.05, 3.63) is 143 Å². The maximum Gasteiger partial charge on any atom is 1.00 e. The van der Waals surface area contributed by atoms with Crippen LogP contribution in [-0.2, 0) is 37.1 Å². The van der Waals surface area contributed by atoms with Gasteiger partial charge in [0.2, 0.25) is 11.6 Å². The van der Waals surface area contributed by atoms with Crippen LogP contribution in [0.15, 0.2) is 125 Å². The van der Waals surface area contributed by atoms with Crippen molar-refractivity contribution >= 4 is 77.8 Å². The van der Waals surface area contributed by atoms with Crippen molar-refractivity contribution in [3.63, 3.8) is 0 Å². The van der Waals surface area contributed by atoms with Crippen LogP contribution in [0.1, 0.15) is 25.1 Å². The number of hydrazone groups is 2. The Balaban J connectivity index is 0.000000275. The quantitative estimate of drug-likeness (QED) is 0.0731. The van der Waals surface area contributed by atoms with Crippen molar-refractivity contribution < 1.29 is 53.0 Å². The molecule has 11 nitrogen and oxygen atoms in total. The molecule has 7 rings (SSSR count). The molecule has 2 aliphatic carbocycles. The standard InChI is InChI=1S/C20H14N2O5S.C16H11ClN2O2.Cr/c23-16-10-9-12-5-1-2-6-13(12)19(16)21-22-20-15-8-4-3-7-14(15)18(11-17(20)24)28(25,26)27;17-11-6-8-14(20)13(9-11)18-19-16-12-4-2-1-3-10(12)5-7-15(16)21;/h1-11,21,23H,(H,25,26,27);1-9,18,20H;/p+2/b22-20-;19-16-;. The number of hydrogen-bond acceptors (Lipinski definition) is 10. The molecule has 2 aliphatic rings. The predicted molar refractivity (Wildman–Crippen MR) is 193 cm³/mol. The van der Waals surface area contributed by atoms with E-state index < -0.39 is 20.8 Å². The van der Waals surface area contributed by atoms with Crippen LogP contribution >= 0.6 is 11.6 Å². The normalized spacial score (nSPS) is 15.0. The van der Waals surface area contributed by atoms with E-state index in [1.807, 2.05) is 42.5 Å². The van der Waals surface area contributed by atoms with Gasteiger partial charge in [0.05, 0.1) is 5.69 Å². The summed E-state index contributed by atoms with van der Waals surface area (Å²) in [6, 6.07) is 28.9. The molecule has 0 unspecified atom stereocenters. The average Bonchev–Trinajstić information content (AvgIpc) is 3.09. The number of allylic oxidation sites excluding steroid dienone is 2. The fraction of sp³-hybridized carbons (Fsp3) is 0. The molecule has 0 amide bonds. The number of phenolic OH excluding ortho intramolecular Hbond substituents is 2. The maximum atomic E-state index is 12.5. The van der Waals surface area contributed by atoms with Gasteiger partial charge in [0, 0.05) is 50.5 Å². The first-order valence-corrected chi connectivity index (χ1v) is 16.3. The first-order valence-electron chi connectivity index (χ1n) is 14.5. The van der Waals surface area contributed by atoms with E-state index in [9.17, 15) is 32.8 Å². The molecule has 0 saturated heterocycles. The van der Waals surface area contributed by atoms with Crippen molar-refractivity contribution in [1.82, 2.24) is 0 Å². The van der Waals surface area contributed by atoms with Crippen LogP contribution in [0.5, 0.6) is 11.5 Å². The Morgan fingerprint density at radius 1 is 0.680 bits per heavy atom. The molecule has 250 valence electrons. The van der Waals surface area contributed by atoms with Gasteiger partial charge in [-0.1, -0.05) is 96.5 Å². The van der Waals surface area contributed by atoms with Crippen molar-refractivity contribution in [2.75, 3.05) is 10.9 Å². The Morgan fingerprint density at radius 3 is 2.06 bits per heavy atom. The van der Waals surface area contributed by atoms with Gasteiger partial charge in [0.25, 0.3) is 10.1 Å². The fourth-order valence-electron chi connectivity index (χ4n) is 5.18. The summed E-state index contributed by atoms with van der Waals surface area (Å²) >= 11 is 5.87. The zero-order valence-corrected chi connectivity index (χ0v) is 28.5. The van der Waals surface area contributed by atoms with Crippen molar-refractivity contribution in [1.29, 1.82) is 0 Å². The van der Waals surface area contributed by atoms with Crippen LogP contribution in [0.3, 0.4) is 0 Å². The molecule has 0 atom stereocenters. The Kier molecular flexibility index (Phi) is 10.7. The minimum absolute atomic E-state index is 0. The van der Waals surface area contributed by atoms with Gasteiger partial charge in [-0.2, -0.15) is 18.6 Å². The summed E-state index contributed by atoms with van der Waals surface area (Å²) < 4.78 is 32.7. The zero-order chi connectivity index (χ0) is 34.7. The smallest absolute Gasteiger partial charge is 0.506 e. The predicted octanol–water partition coefficient (Wildman–Crippen LogP) is 6.85. The molecule has 5 N–H and O–H groups in total. The molecule has 0 aromatic heterocycles. The van der Waals surface area contributed by atoms with Gasteiger partial charge in [-0.25, -0.2) is 0 Å². The van der Waals surface area contributed by atoms with Crippen LogP contribution in [0, 0.1) is 0 Å².